The molecule has 0 saturated heterocycles. The van der Waals surface area contributed by atoms with Crippen LogP contribution in [0.3, 0.4) is 0 Å². The van der Waals surface area contributed by atoms with Crippen molar-refractivity contribution in [2.75, 3.05) is 11.9 Å². The predicted molar refractivity (Wildman–Crippen MR) is 116 cm³/mol. The van der Waals surface area contributed by atoms with Gasteiger partial charge in [0.1, 0.15) is 28.9 Å². The first-order chi connectivity index (χ1) is 14.9. The number of amides is 1. The Hall–Kier alpha value is -4.09. The van der Waals surface area contributed by atoms with Crippen LogP contribution < -0.4 is 10.1 Å². The van der Waals surface area contributed by atoms with Gasteiger partial charge in [-0.25, -0.2) is 0 Å². The second kappa shape index (κ2) is 9.61. The molecule has 1 heterocycles. The highest BCUT2D eigenvalue weighted by Crippen LogP contribution is 2.32. The quantitative estimate of drug-likeness (QED) is 0.227. The van der Waals surface area contributed by atoms with Gasteiger partial charge in [0.25, 0.3) is 11.6 Å². The fraction of sp³-hybridized carbons (Fsp3) is 0.0909. The van der Waals surface area contributed by atoms with Gasteiger partial charge in [-0.1, -0.05) is 17.7 Å². The smallest absolute Gasteiger partial charge is 0.270 e. The van der Waals surface area contributed by atoms with E-state index in [1.54, 1.807) is 36.4 Å². The van der Waals surface area contributed by atoms with E-state index in [-0.39, 0.29) is 22.0 Å². The first-order valence-corrected chi connectivity index (χ1v) is 9.49. The minimum Gasteiger partial charge on any atom is -0.494 e. The summed E-state index contributed by atoms with van der Waals surface area (Å²) in [5.41, 5.74) is 0.618. The summed E-state index contributed by atoms with van der Waals surface area (Å²) >= 11 is 6.12. The van der Waals surface area contributed by atoms with Crippen molar-refractivity contribution in [3.05, 3.63) is 81.1 Å². The van der Waals surface area contributed by atoms with Crippen LogP contribution in [-0.2, 0) is 4.79 Å². The topological polar surface area (TPSA) is 118 Å². The number of hydrogen-bond donors (Lipinski definition) is 1. The maximum absolute atomic E-state index is 12.5. The normalized spacial score (nSPS) is 10.9. The van der Waals surface area contributed by atoms with E-state index in [9.17, 15) is 20.2 Å². The molecule has 156 valence electrons. The monoisotopic (exact) mass is 437 g/mol. The molecule has 8 nitrogen and oxygen atoms in total. The third-order valence-corrected chi connectivity index (χ3v) is 4.42. The molecule has 3 aromatic rings. The van der Waals surface area contributed by atoms with Crippen molar-refractivity contribution in [2.45, 2.75) is 6.92 Å². The molecule has 3 rings (SSSR count). The van der Waals surface area contributed by atoms with Gasteiger partial charge in [-0.05, 0) is 37.3 Å². The van der Waals surface area contributed by atoms with E-state index in [1.807, 2.05) is 13.0 Å². The number of carbonyl (C=O) groups excluding carboxylic acids is 1. The number of non-ortho nitro benzene ring substituents is 1. The van der Waals surface area contributed by atoms with Crippen LogP contribution in [0.4, 0.5) is 11.4 Å². The number of nitro groups is 1. The number of nitriles is 1. The van der Waals surface area contributed by atoms with Crippen molar-refractivity contribution in [3.63, 3.8) is 0 Å². The molecular formula is C22H16ClN3O5. The van der Waals surface area contributed by atoms with Crippen LogP contribution in [0.15, 0.2) is 64.6 Å². The van der Waals surface area contributed by atoms with E-state index in [4.69, 9.17) is 20.8 Å². The predicted octanol–water partition coefficient (Wildman–Crippen LogP) is 5.45. The average Bonchev–Trinajstić information content (AvgIpc) is 3.20. The summed E-state index contributed by atoms with van der Waals surface area (Å²) in [5.74, 6) is 0.577. The zero-order chi connectivity index (χ0) is 22.4. The number of rotatable bonds is 7. The van der Waals surface area contributed by atoms with Gasteiger partial charge in [0.05, 0.1) is 16.6 Å². The van der Waals surface area contributed by atoms with Gasteiger partial charge in [0, 0.05) is 35.5 Å². The van der Waals surface area contributed by atoms with Crippen molar-refractivity contribution in [1.82, 2.24) is 0 Å². The second-order valence-electron chi connectivity index (χ2n) is 6.21. The molecule has 0 unspecified atom stereocenters. The maximum atomic E-state index is 12.5. The highest BCUT2D eigenvalue weighted by atomic mass is 35.5. The van der Waals surface area contributed by atoms with Crippen LogP contribution in [-0.4, -0.2) is 17.4 Å². The lowest BCUT2D eigenvalue weighted by molar-refractivity contribution is -0.384. The van der Waals surface area contributed by atoms with Gasteiger partial charge in [-0.2, -0.15) is 5.26 Å². The number of nitrogens with zero attached hydrogens (tertiary/aromatic N) is 2. The molecule has 0 bridgehead atoms. The molecular weight excluding hydrogens is 422 g/mol. The van der Waals surface area contributed by atoms with E-state index in [0.717, 1.165) is 0 Å². The summed E-state index contributed by atoms with van der Waals surface area (Å²) in [4.78, 5) is 22.8. The van der Waals surface area contributed by atoms with Crippen molar-refractivity contribution in [2.24, 2.45) is 0 Å². The molecule has 0 radical (unpaired) electrons. The number of hydrogen-bond acceptors (Lipinski definition) is 6. The summed E-state index contributed by atoms with van der Waals surface area (Å²) in [7, 11) is 0. The summed E-state index contributed by atoms with van der Waals surface area (Å²) < 4.78 is 11.0. The number of furan rings is 1. The minimum atomic E-state index is -0.609. The van der Waals surface area contributed by atoms with Crippen LogP contribution in [0.2, 0.25) is 5.02 Å². The number of carbonyl (C=O) groups is 1. The van der Waals surface area contributed by atoms with Crippen molar-refractivity contribution in [1.29, 1.82) is 5.26 Å². The van der Waals surface area contributed by atoms with E-state index in [0.29, 0.717) is 29.4 Å². The van der Waals surface area contributed by atoms with Gasteiger partial charge in [0.15, 0.2) is 0 Å². The molecule has 1 amide bonds. The van der Waals surface area contributed by atoms with Crippen LogP contribution in [0.1, 0.15) is 12.7 Å². The van der Waals surface area contributed by atoms with Crippen LogP contribution in [0, 0.1) is 21.4 Å². The molecule has 1 N–H and O–H groups in total. The van der Waals surface area contributed by atoms with Gasteiger partial charge >= 0.3 is 0 Å². The Kier molecular flexibility index (Phi) is 6.70. The highest BCUT2D eigenvalue weighted by Gasteiger charge is 2.15. The lowest BCUT2D eigenvalue weighted by Crippen LogP contribution is -2.13. The molecule has 0 atom stereocenters. The van der Waals surface area contributed by atoms with Gasteiger partial charge in [-0.15, -0.1) is 0 Å². The van der Waals surface area contributed by atoms with Crippen molar-refractivity contribution >= 4 is 35.0 Å². The van der Waals surface area contributed by atoms with Crippen molar-refractivity contribution < 1.29 is 18.9 Å². The highest BCUT2D eigenvalue weighted by molar-refractivity contribution is 6.33. The van der Waals surface area contributed by atoms with E-state index >= 15 is 0 Å². The molecule has 0 aliphatic rings. The second-order valence-corrected chi connectivity index (χ2v) is 6.62. The maximum Gasteiger partial charge on any atom is 0.270 e. The Morgan fingerprint density at radius 2 is 2.10 bits per heavy atom. The van der Waals surface area contributed by atoms with Crippen LogP contribution in [0.5, 0.6) is 5.75 Å². The lowest BCUT2D eigenvalue weighted by atomic mass is 10.1. The van der Waals surface area contributed by atoms with Gasteiger partial charge in [-0.3, -0.25) is 14.9 Å². The summed E-state index contributed by atoms with van der Waals surface area (Å²) in [5, 5.41) is 23.0. The largest absolute Gasteiger partial charge is 0.494 e. The fourth-order valence-electron chi connectivity index (χ4n) is 2.71. The van der Waals surface area contributed by atoms with E-state index < -0.39 is 10.8 Å². The van der Waals surface area contributed by atoms with Gasteiger partial charge in [0.2, 0.25) is 0 Å². The zero-order valence-electron chi connectivity index (χ0n) is 16.3. The molecule has 31 heavy (non-hydrogen) atoms. The Balaban J connectivity index is 1.80. The standard InChI is InChI=1S/C22H16ClN3O5/c1-2-30-17-5-3-4-15(11-17)25-22(27)14(13-24)10-18-7-9-21(31-18)19-8-6-16(26(28)29)12-20(19)23/h3-12H,2H2,1H3,(H,25,27). The number of benzene rings is 2. The average molecular weight is 438 g/mol. The van der Waals surface area contributed by atoms with Crippen LogP contribution >= 0.6 is 11.6 Å². The third kappa shape index (κ3) is 5.29. The Morgan fingerprint density at radius 3 is 2.77 bits per heavy atom. The molecule has 1 aromatic heterocycles. The number of nitrogens with one attached hydrogen (secondary N) is 1. The lowest BCUT2D eigenvalue weighted by Gasteiger charge is -2.07. The fourth-order valence-corrected chi connectivity index (χ4v) is 2.98. The zero-order valence-corrected chi connectivity index (χ0v) is 17.1. The van der Waals surface area contributed by atoms with E-state index in [2.05, 4.69) is 5.32 Å². The Morgan fingerprint density at radius 1 is 1.29 bits per heavy atom. The molecule has 0 spiro atoms. The van der Waals surface area contributed by atoms with Crippen LogP contribution in [0.25, 0.3) is 17.4 Å². The number of halogens is 1. The molecule has 0 aliphatic carbocycles. The summed E-state index contributed by atoms with van der Waals surface area (Å²) in [6.07, 6.45) is 1.30. The molecule has 0 saturated carbocycles. The summed E-state index contributed by atoms with van der Waals surface area (Å²) in [6.45, 7) is 2.34. The molecule has 0 fully saturated rings. The summed E-state index contributed by atoms with van der Waals surface area (Å²) in [6, 6.07) is 15.8. The number of nitro benzene ring substituents is 1. The van der Waals surface area contributed by atoms with E-state index in [1.165, 1.54) is 24.3 Å². The molecule has 2 aromatic carbocycles. The minimum absolute atomic E-state index is 0.141. The Bertz CT molecular complexity index is 1210. The van der Waals surface area contributed by atoms with Crippen molar-refractivity contribution in [3.8, 4) is 23.1 Å². The third-order valence-electron chi connectivity index (χ3n) is 4.11. The number of ether oxygens (including phenoxy) is 1. The molecule has 0 aliphatic heterocycles. The first-order valence-electron chi connectivity index (χ1n) is 9.11. The van der Waals surface area contributed by atoms with Gasteiger partial charge < -0.3 is 14.5 Å². The number of anilines is 1. The Labute approximate surface area is 182 Å². The first kappa shape index (κ1) is 21.6. The molecule has 9 heteroatoms. The SMILES string of the molecule is CCOc1cccc(NC(=O)C(C#N)=Cc2ccc(-c3ccc([N+](=O)[O-])cc3Cl)o2)c1.